The summed E-state index contributed by atoms with van der Waals surface area (Å²) in [6.45, 7) is 1.33. The number of phenolic OH excluding ortho intramolecular Hbond substituents is 1. The van der Waals surface area contributed by atoms with Crippen molar-refractivity contribution in [3.63, 3.8) is 0 Å². The molecule has 0 aliphatic heterocycles. The number of phenols is 1. The predicted molar refractivity (Wildman–Crippen MR) is 86.1 cm³/mol. The highest BCUT2D eigenvalue weighted by Crippen LogP contribution is 2.28. The molecule has 1 N–H and O–H groups in total. The molecular weight excluding hydrogens is 296 g/mol. The van der Waals surface area contributed by atoms with Crippen LogP contribution in [0.4, 0.5) is 0 Å². The maximum Gasteiger partial charge on any atom is 0.193 e. The third-order valence-corrected chi connectivity index (χ3v) is 3.60. The molecule has 0 atom stereocenters. The Morgan fingerprint density at radius 3 is 2.43 bits per heavy atom. The second kappa shape index (κ2) is 5.61. The molecule has 3 aromatic rings. The van der Waals surface area contributed by atoms with Crippen LogP contribution in [-0.2, 0) is 0 Å². The number of methoxy groups -OCH3 is 1. The van der Waals surface area contributed by atoms with Crippen molar-refractivity contribution < 1.29 is 19.1 Å². The smallest absolute Gasteiger partial charge is 0.193 e. The third-order valence-electron chi connectivity index (χ3n) is 3.60. The molecule has 0 saturated heterocycles. The molecule has 0 unspecified atom stereocenters. The van der Waals surface area contributed by atoms with Gasteiger partial charge in [0, 0.05) is 17.7 Å². The van der Waals surface area contributed by atoms with Gasteiger partial charge in [-0.15, -0.1) is 0 Å². The van der Waals surface area contributed by atoms with Crippen LogP contribution in [-0.4, -0.2) is 18.0 Å². The van der Waals surface area contributed by atoms with Crippen molar-refractivity contribution >= 4 is 16.8 Å². The molecule has 0 aliphatic rings. The van der Waals surface area contributed by atoms with Crippen LogP contribution in [0.25, 0.3) is 22.3 Å². The van der Waals surface area contributed by atoms with Gasteiger partial charge in [0.15, 0.2) is 11.2 Å². The standard InChI is InChI=1S/C18H14O5/c1-10(19)13-7-14-16(21)8-17(23-18(14)9-15(13)20)11-3-5-12(22-2)6-4-11/h3-9,20H,1-2H3. The molecule has 23 heavy (non-hydrogen) atoms. The van der Waals surface area contributed by atoms with E-state index >= 15 is 0 Å². The van der Waals surface area contributed by atoms with Gasteiger partial charge in [0.05, 0.1) is 18.1 Å². The lowest BCUT2D eigenvalue weighted by Crippen LogP contribution is -2.03. The lowest BCUT2D eigenvalue weighted by Gasteiger charge is -2.06. The number of carbonyl (C=O) groups is 1. The quantitative estimate of drug-likeness (QED) is 0.750. The first kappa shape index (κ1) is 14.8. The summed E-state index contributed by atoms with van der Waals surface area (Å²) >= 11 is 0. The number of ketones is 1. The number of benzene rings is 2. The average Bonchev–Trinajstić information content (AvgIpc) is 2.54. The summed E-state index contributed by atoms with van der Waals surface area (Å²) in [6.07, 6.45) is 0. The highest BCUT2D eigenvalue weighted by atomic mass is 16.5. The van der Waals surface area contributed by atoms with Crippen LogP contribution in [0.2, 0.25) is 0 Å². The molecule has 0 amide bonds. The zero-order valence-corrected chi connectivity index (χ0v) is 12.6. The first-order valence-electron chi connectivity index (χ1n) is 6.96. The van der Waals surface area contributed by atoms with Gasteiger partial charge in [-0.1, -0.05) is 0 Å². The topological polar surface area (TPSA) is 76.7 Å². The van der Waals surface area contributed by atoms with Gasteiger partial charge >= 0.3 is 0 Å². The fourth-order valence-electron chi connectivity index (χ4n) is 2.37. The number of Topliss-reactive ketones (excluding diaryl/α,β-unsaturated/α-hetero) is 1. The number of hydrogen-bond acceptors (Lipinski definition) is 5. The van der Waals surface area contributed by atoms with Crippen LogP contribution >= 0.6 is 0 Å². The Hall–Kier alpha value is -3.08. The van der Waals surface area contributed by atoms with Crippen molar-refractivity contribution in [2.75, 3.05) is 7.11 Å². The van der Waals surface area contributed by atoms with E-state index in [1.54, 1.807) is 31.4 Å². The summed E-state index contributed by atoms with van der Waals surface area (Å²) in [5, 5.41) is 10.2. The van der Waals surface area contributed by atoms with Crippen molar-refractivity contribution in [1.82, 2.24) is 0 Å². The monoisotopic (exact) mass is 310 g/mol. The van der Waals surface area contributed by atoms with Crippen molar-refractivity contribution in [2.45, 2.75) is 6.92 Å². The number of aromatic hydroxyl groups is 1. The molecule has 1 heterocycles. The fourth-order valence-corrected chi connectivity index (χ4v) is 2.37. The Balaban J connectivity index is 2.19. The minimum Gasteiger partial charge on any atom is -0.507 e. The van der Waals surface area contributed by atoms with E-state index in [2.05, 4.69) is 0 Å². The summed E-state index contributed by atoms with van der Waals surface area (Å²) in [4.78, 5) is 23.8. The molecule has 5 heteroatoms. The summed E-state index contributed by atoms with van der Waals surface area (Å²) < 4.78 is 10.8. The molecule has 0 fully saturated rings. The molecule has 0 saturated carbocycles. The summed E-state index contributed by atoms with van der Waals surface area (Å²) in [6, 6.07) is 11.1. The van der Waals surface area contributed by atoms with E-state index in [9.17, 15) is 14.7 Å². The second-order valence-corrected chi connectivity index (χ2v) is 5.13. The van der Waals surface area contributed by atoms with Crippen molar-refractivity contribution in [1.29, 1.82) is 0 Å². The van der Waals surface area contributed by atoms with E-state index in [4.69, 9.17) is 9.15 Å². The molecule has 0 bridgehead atoms. The van der Waals surface area contributed by atoms with E-state index < -0.39 is 0 Å². The molecule has 3 rings (SSSR count). The largest absolute Gasteiger partial charge is 0.507 e. The first-order chi connectivity index (χ1) is 11.0. The SMILES string of the molecule is COc1ccc(-c2cc(=O)c3cc(C(C)=O)c(O)cc3o2)cc1. The predicted octanol–water partition coefficient (Wildman–Crippen LogP) is 3.38. The Bertz CT molecular complexity index is 952. The third kappa shape index (κ3) is 2.68. The van der Waals surface area contributed by atoms with Gasteiger partial charge in [-0.05, 0) is 37.3 Å². The minimum atomic E-state index is -0.317. The maximum absolute atomic E-state index is 12.3. The molecule has 5 nitrogen and oxygen atoms in total. The Morgan fingerprint density at radius 1 is 1.13 bits per heavy atom. The maximum atomic E-state index is 12.3. The molecule has 116 valence electrons. The zero-order chi connectivity index (χ0) is 16.6. The number of rotatable bonds is 3. The van der Waals surface area contributed by atoms with Crippen molar-refractivity contribution in [2.24, 2.45) is 0 Å². The Kier molecular flexibility index (Phi) is 3.62. The fraction of sp³-hybridized carbons (Fsp3) is 0.111. The first-order valence-corrected chi connectivity index (χ1v) is 6.96. The normalized spacial score (nSPS) is 10.7. The Labute approximate surface area is 131 Å². The lowest BCUT2D eigenvalue weighted by atomic mass is 10.1. The van der Waals surface area contributed by atoms with Gasteiger partial charge in [0.2, 0.25) is 0 Å². The molecular formula is C18H14O5. The number of carbonyl (C=O) groups excluding carboxylic acids is 1. The molecule has 0 radical (unpaired) electrons. The molecule has 2 aromatic carbocycles. The number of ether oxygens (including phenoxy) is 1. The molecule has 0 aliphatic carbocycles. The van der Waals surface area contributed by atoms with Crippen LogP contribution in [0.5, 0.6) is 11.5 Å². The van der Waals surface area contributed by atoms with Gasteiger partial charge in [-0.25, -0.2) is 0 Å². The zero-order valence-electron chi connectivity index (χ0n) is 12.6. The lowest BCUT2D eigenvalue weighted by molar-refractivity contribution is 0.101. The highest BCUT2D eigenvalue weighted by Gasteiger charge is 2.13. The average molecular weight is 310 g/mol. The van der Waals surface area contributed by atoms with E-state index in [1.807, 2.05) is 0 Å². The summed E-state index contributed by atoms with van der Waals surface area (Å²) in [5.74, 6) is 0.545. The number of fused-ring (bicyclic) bond motifs is 1. The van der Waals surface area contributed by atoms with Crippen LogP contribution in [0.15, 0.2) is 51.7 Å². The van der Waals surface area contributed by atoms with Gasteiger partial charge in [-0.3, -0.25) is 9.59 Å². The van der Waals surface area contributed by atoms with E-state index in [0.29, 0.717) is 17.1 Å². The van der Waals surface area contributed by atoms with Crippen molar-refractivity contribution in [3.05, 3.63) is 58.3 Å². The molecule has 0 spiro atoms. The van der Waals surface area contributed by atoms with Gasteiger partial charge in [0.1, 0.15) is 22.8 Å². The van der Waals surface area contributed by atoms with E-state index in [0.717, 1.165) is 0 Å². The minimum absolute atomic E-state index is 0.0991. The highest BCUT2D eigenvalue weighted by molar-refractivity contribution is 6.00. The van der Waals surface area contributed by atoms with Gasteiger partial charge in [-0.2, -0.15) is 0 Å². The summed E-state index contributed by atoms with van der Waals surface area (Å²) in [5.41, 5.74) is 0.757. The van der Waals surface area contributed by atoms with Crippen LogP contribution in [0.1, 0.15) is 17.3 Å². The second-order valence-electron chi connectivity index (χ2n) is 5.13. The Morgan fingerprint density at radius 2 is 1.83 bits per heavy atom. The van der Waals surface area contributed by atoms with E-state index in [-0.39, 0.29) is 33.5 Å². The van der Waals surface area contributed by atoms with Crippen LogP contribution in [0.3, 0.4) is 0 Å². The number of hydrogen-bond donors (Lipinski definition) is 1. The van der Waals surface area contributed by atoms with Gasteiger partial charge < -0.3 is 14.3 Å². The summed E-state index contributed by atoms with van der Waals surface area (Å²) in [7, 11) is 1.57. The van der Waals surface area contributed by atoms with Crippen LogP contribution in [0, 0.1) is 0 Å². The van der Waals surface area contributed by atoms with Crippen molar-refractivity contribution in [3.8, 4) is 22.8 Å². The molecule has 1 aromatic heterocycles. The van der Waals surface area contributed by atoms with E-state index in [1.165, 1.54) is 25.1 Å². The van der Waals surface area contributed by atoms with Crippen LogP contribution < -0.4 is 10.2 Å². The van der Waals surface area contributed by atoms with Gasteiger partial charge in [0.25, 0.3) is 0 Å².